The molecule has 0 aromatic carbocycles. The number of thiophene rings is 1. The first-order chi connectivity index (χ1) is 13.1. The third-order valence-electron chi connectivity index (χ3n) is 3.79. The molecule has 1 aromatic rings. The Bertz CT molecular complexity index is 744. The highest BCUT2D eigenvalue weighted by atomic mass is 32.1. The van der Waals surface area contributed by atoms with E-state index in [1.165, 1.54) is 14.2 Å². The van der Waals surface area contributed by atoms with Gasteiger partial charge in [0.25, 0.3) is 0 Å². The van der Waals surface area contributed by atoms with Crippen LogP contribution in [0.1, 0.15) is 46.4 Å². The third-order valence-corrected chi connectivity index (χ3v) is 4.98. The van der Waals surface area contributed by atoms with Crippen LogP contribution >= 0.6 is 11.3 Å². The molecule has 10 heteroatoms. The summed E-state index contributed by atoms with van der Waals surface area (Å²) in [5, 5.41) is 5.62. The number of likely N-dealkylation sites (N-methyl/N-ethyl adjacent to an activating group) is 1. The molecule has 0 fully saturated rings. The summed E-state index contributed by atoms with van der Waals surface area (Å²) in [6.45, 7) is 7.63. The normalized spacial score (nSPS) is 10.7. The van der Waals surface area contributed by atoms with Gasteiger partial charge in [0, 0.05) is 6.04 Å². The zero-order valence-corrected chi connectivity index (χ0v) is 17.8. The summed E-state index contributed by atoms with van der Waals surface area (Å²) in [6, 6.07) is 0.00786. The van der Waals surface area contributed by atoms with Crippen LogP contribution < -0.4 is 10.6 Å². The topological polar surface area (TPSA) is 114 Å². The smallest absolute Gasteiger partial charge is 0.348 e. The molecule has 0 saturated heterocycles. The molecule has 0 unspecified atom stereocenters. The minimum atomic E-state index is -0.664. The summed E-state index contributed by atoms with van der Waals surface area (Å²) in [7, 11) is 2.45. The van der Waals surface area contributed by atoms with Crippen LogP contribution in [0.4, 0.5) is 5.00 Å². The Morgan fingerprint density at radius 3 is 2.11 bits per heavy atom. The van der Waals surface area contributed by atoms with E-state index in [1.54, 1.807) is 11.8 Å². The van der Waals surface area contributed by atoms with Gasteiger partial charge >= 0.3 is 11.9 Å². The van der Waals surface area contributed by atoms with Crippen LogP contribution in [0.25, 0.3) is 0 Å². The minimum absolute atomic E-state index is 0.00786. The lowest BCUT2D eigenvalue weighted by Crippen LogP contribution is -2.42. The summed E-state index contributed by atoms with van der Waals surface area (Å²) >= 11 is 0.943. The fraction of sp³-hybridized carbons (Fsp3) is 0.556. The largest absolute Gasteiger partial charge is 0.465 e. The van der Waals surface area contributed by atoms with Crippen LogP contribution in [0.15, 0.2) is 0 Å². The first kappa shape index (κ1) is 23.6. The highest BCUT2D eigenvalue weighted by Gasteiger charge is 2.27. The van der Waals surface area contributed by atoms with E-state index in [0.717, 1.165) is 11.3 Å². The fourth-order valence-corrected chi connectivity index (χ4v) is 3.59. The van der Waals surface area contributed by atoms with Crippen LogP contribution in [0, 0.1) is 6.92 Å². The second kappa shape index (κ2) is 10.8. The molecule has 9 nitrogen and oxygen atoms in total. The first-order valence-corrected chi connectivity index (χ1v) is 9.57. The summed E-state index contributed by atoms with van der Waals surface area (Å²) < 4.78 is 9.47. The third kappa shape index (κ3) is 6.31. The molecule has 156 valence electrons. The van der Waals surface area contributed by atoms with E-state index in [2.05, 4.69) is 10.6 Å². The summed E-state index contributed by atoms with van der Waals surface area (Å²) in [6.07, 6.45) is 0. The number of methoxy groups -OCH3 is 2. The monoisotopic (exact) mass is 413 g/mol. The molecule has 0 atom stereocenters. The molecule has 1 aromatic heterocycles. The zero-order valence-electron chi connectivity index (χ0n) is 17.0. The molecular weight excluding hydrogens is 386 g/mol. The average molecular weight is 413 g/mol. The number of ether oxygens (including phenoxy) is 2. The van der Waals surface area contributed by atoms with Gasteiger partial charge in [-0.1, -0.05) is 6.92 Å². The lowest BCUT2D eigenvalue weighted by Gasteiger charge is -2.20. The maximum atomic E-state index is 12.5. The highest BCUT2D eigenvalue weighted by molar-refractivity contribution is 7.18. The SMILES string of the molecule is CCN(CC(=O)Nc1sc(C(=O)OC)c(C)c1C(=O)OC)CC(=O)NC(C)C. The molecule has 1 heterocycles. The van der Waals surface area contributed by atoms with Crippen molar-refractivity contribution < 1.29 is 28.7 Å². The maximum Gasteiger partial charge on any atom is 0.348 e. The van der Waals surface area contributed by atoms with Gasteiger partial charge in [0.1, 0.15) is 9.88 Å². The summed E-state index contributed by atoms with van der Waals surface area (Å²) in [4.78, 5) is 50.2. The lowest BCUT2D eigenvalue weighted by molar-refractivity contribution is -0.123. The standard InChI is InChI=1S/C18H27N3O6S/c1-7-21(8-12(22)19-10(2)3)9-13(23)20-16-14(17(24)26-5)11(4)15(28-16)18(25)27-6/h10H,7-9H2,1-6H3,(H,19,22)(H,20,23). The number of hydrogen-bond donors (Lipinski definition) is 2. The molecule has 28 heavy (non-hydrogen) atoms. The van der Waals surface area contributed by atoms with Crippen molar-refractivity contribution in [2.75, 3.05) is 39.2 Å². The molecule has 0 radical (unpaired) electrons. The molecule has 2 amide bonds. The number of nitrogens with one attached hydrogen (secondary N) is 2. The van der Waals surface area contributed by atoms with Crippen molar-refractivity contribution in [2.24, 2.45) is 0 Å². The highest BCUT2D eigenvalue weighted by Crippen LogP contribution is 2.34. The van der Waals surface area contributed by atoms with Gasteiger partial charge in [-0.25, -0.2) is 9.59 Å². The Kier molecular flexibility index (Phi) is 9.07. The van der Waals surface area contributed by atoms with Gasteiger partial charge in [-0.15, -0.1) is 11.3 Å². The van der Waals surface area contributed by atoms with Crippen molar-refractivity contribution >= 4 is 40.1 Å². The molecule has 0 spiro atoms. The van der Waals surface area contributed by atoms with Gasteiger partial charge in [-0.3, -0.25) is 14.5 Å². The van der Waals surface area contributed by atoms with E-state index < -0.39 is 17.8 Å². The number of nitrogens with zero attached hydrogens (tertiary/aromatic N) is 1. The predicted molar refractivity (Wildman–Crippen MR) is 106 cm³/mol. The van der Waals surface area contributed by atoms with Crippen molar-refractivity contribution in [3.63, 3.8) is 0 Å². The van der Waals surface area contributed by atoms with Gasteiger partial charge in [0.05, 0.1) is 32.9 Å². The van der Waals surface area contributed by atoms with Crippen molar-refractivity contribution in [1.29, 1.82) is 0 Å². The molecule has 2 N–H and O–H groups in total. The first-order valence-electron chi connectivity index (χ1n) is 8.76. The molecule has 0 aliphatic carbocycles. The van der Waals surface area contributed by atoms with E-state index in [0.29, 0.717) is 12.1 Å². The number of carbonyl (C=O) groups is 4. The Morgan fingerprint density at radius 1 is 1.04 bits per heavy atom. The molecule has 1 rings (SSSR count). The Balaban J connectivity index is 2.96. The molecule has 0 bridgehead atoms. The second-order valence-electron chi connectivity index (χ2n) is 6.32. The van der Waals surface area contributed by atoms with Crippen LogP contribution in [0.3, 0.4) is 0 Å². The van der Waals surface area contributed by atoms with E-state index in [1.807, 2.05) is 20.8 Å². The Hall–Kier alpha value is -2.46. The van der Waals surface area contributed by atoms with Crippen LogP contribution in [-0.2, 0) is 19.1 Å². The number of amides is 2. The summed E-state index contributed by atoms with van der Waals surface area (Å²) in [5.74, 6) is -1.86. The van der Waals surface area contributed by atoms with Crippen molar-refractivity contribution in [3.8, 4) is 0 Å². The van der Waals surface area contributed by atoms with E-state index in [4.69, 9.17) is 9.47 Å². The molecule has 0 aliphatic heterocycles. The van der Waals surface area contributed by atoms with Gasteiger partial charge < -0.3 is 20.1 Å². The summed E-state index contributed by atoms with van der Waals surface area (Å²) in [5.41, 5.74) is 0.490. The van der Waals surface area contributed by atoms with Crippen molar-refractivity contribution in [3.05, 3.63) is 16.0 Å². The van der Waals surface area contributed by atoms with Gasteiger partial charge in [0.15, 0.2) is 0 Å². The number of anilines is 1. The van der Waals surface area contributed by atoms with Crippen molar-refractivity contribution in [1.82, 2.24) is 10.2 Å². The Labute approximate surface area is 168 Å². The van der Waals surface area contributed by atoms with Crippen molar-refractivity contribution in [2.45, 2.75) is 33.7 Å². The van der Waals surface area contributed by atoms with Gasteiger partial charge in [0.2, 0.25) is 11.8 Å². The Morgan fingerprint density at radius 2 is 1.61 bits per heavy atom. The zero-order chi connectivity index (χ0) is 21.4. The van der Waals surface area contributed by atoms with E-state index >= 15 is 0 Å². The quantitative estimate of drug-likeness (QED) is 0.589. The molecule has 0 aliphatic rings. The number of hydrogen-bond acceptors (Lipinski definition) is 8. The van der Waals surface area contributed by atoms with Crippen LogP contribution in [0.2, 0.25) is 0 Å². The number of rotatable bonds is 9. The predicted octanol–water partition coefficient (Wildman–Crippen LogP) is 1.41. The van der Waals surface area contributed by atoms with Crippen LogP contribution in [0.5, 0.6) is 0 Å². The van der Waals surface area contributed by atoms with Gasteiger partial charge in [-0.05, 0) is 32.9 Å². The minimum Gasteiger partial charge on any atom is -0.465 e. The number of esters is 2. The maximum absolute atomic E-state index is 12.5. The van der Waals surface area contributed by atoms with E-state index in [-0.39, 0.29) is 40.5 Å². The molecule has 0 saturated carbocycles. The lowest BCUT2D eigenvalue weighted by atomic mass is 10.1. The second-order valence-corrected chi connectivity index (χ2v) is 7.34. The van der Waals surface area contributed by atoms with E-state index in [9.17, 15) is 19.2 Å². The fourth-order valence-electron chi connectivity index (χ4n) is 2.46. The average Bonchev–Trinajstić information content (AvgIpc) is 2.94. The van der Waals surface area contributed by atoms with Gasteiger partial charge in [-0.2, -0.15) is 0 Å². The van der Waals surface area contributed by atoms with Crippen LogP contribution in [-0.4, -0.2) is 68.5 Å². The number of carbonyl (C=O) groups excluding carboxylic acids is 4. The molecular formula is C18H27N3O6S.